The highest BCUT2D eigenvalue weighted by molar-refractivity contribution is 7.13. The molecule has 1 N–H and O–H groups in total. The summed E-state index contributed by atoms with van der Waals surface area (Å²) in [6.45, 7) is 3.42. The molecule has 1 unspecified atom stereocenters. The Kier molecular flexibility index (Phi) is 8.35. The first-order valence-electron chi connectivity index (χ1n) is 11.5. The van der Waals surface area contributed by atoms with Gasteiger partial charge in [-0.2, -0.15) is 13.2 Å². The maximum absolute atomic E-state index is 13.1. The lowest BCUT2D eigenvalue weighted by Crippen LogP contribution is -2.30. The van der Waals surface area contributed by atoms with Crippen LogP contribution in [0.2, 0.25) is 10.0 Å². The molecule has 3 aromatic rings. The van der Waals surface area contributed by atoms with E-state index in [9.17, 15) is 22.8 Å². The number of hydrogen-bond donors (Lipinski definition) is 1. The number of rotatable bonds is 7. The normalized spacial score (nSPS) is 14.9. The minimum absolute atomic E-state index is 0.0525. The molecule has 1 saturated heterocycles. The molecule has 2 aromatic heterocycles. The first-order valence-corrected chi connectivity index (χ1v) is 13.0. The number of Topliss-reactive ketones (excluding diaryl/α,β-unsaturated/α-hetero) is 1. The Balaban J connectivity index is 1.43. The minimum Gasteiger partial charge on any atom is -0.355 e. The maximum atomic E-state index is 13.1. The van der Waals surface area contributed by atoms with Crippen molar-refractivity contribution < 1.29 is 22.8 Å². The molecule has 3 heterocycles. The Morgan fingerprint density at radius 2 is 1.86 bits per heavy atom. The highest BCUT2D eigenvalue weighted by atomic mass is 35.5. The number of anilines is 2. The van der Waals surface area contributed by atoms with Crippen molar-refractivity contribution in [3.05, 3.63) is 61.9 Å². The van der Waals surface area contributed by atoms with Gasteiger partial charge in [0.15, 0.2) is 11.6 Å². The average molecular weight is 572 g/mol. The van der Waals surface area contributed by atoms with E-state index in [0.29, 0.717) is 10.8 Å². The van der Waals surface area contributed by atoms with Crippen LogP contribution in [0.15, 0.2) is 30.7 Å². The number of nitrogens with zero attached hydrogens (tertiary/aromatic N) is 4. The molecule has 0 bridgehead atoms. The van der Waals surface area contributed by atoms with Gasteiger partial charge in [0.1, 0.15) is 21.9 Å². The van der Waals surface area contributed by atoms with Crippen molar-refractivity contribution in [2.75, 3.05) is 23.3 Å². The molecule has 1 atom stereocenters. The fourth-order valence-corrected chi connectivity index (χ4v) is 5.39. The highest BCUT2D eigenvalue weighted by Gasteiger charge is 2.33. The summed E-state index contributed by atoms with van der Waals surface area (Å²) < 4.78 is 39.3. The fourth-order valence-electron chi connectivity index (χ4n) is 3.98. The van der Waals surface area contributed by atoms with Gasteiger partial charge in [0.25, 0.3) is 5.91 Å². The van der Waals surface area contributed by atoms with Gasteiger partial charge in [-0.15, -0.1) is 11.3 Å². The van der Waals surface area contributed by atoms with Crippen LogP contribution in [0.5, 0.6) is 0 Å². The topological polar surface area (TPSA) is 88.1 Å². The molecule has 0 aliphatic carbocycles. The number of piperidine rings is 1. The van der Waals surface area contributed by atoms with Gasteiger partial charge in [-0.05, 0) is 37.5 Å². The molecule has 0 saturated carbocycles. The molecular formula is C24H22Cl2F3N5O2S. The highest BCUT2D eigenvalue weighted by Crippen LogP contribution is 2.36. The molecule has 196 valence electrons. The average Bonchev–Trinajstić information content (AvgIpc) is 3.36. The van der Waals surface area contributed by atoms with Crippen molar-refractivity contribution >= 4 is 57.7 Å². The zero-order valence-corrected chi connectivity index (χ0v) is 21.9. The Labute approximate surface area is 225 Å². The minimum atomic E-state index is -4.65. The standard InChI is InChI=1S/C24H22Cl2F3N5O2S/c1-13(9-17(35)20-19(26)21(32-12-31-20)34-7-3-2-4-8-34)23-30-11-18(37-23)22(36)33-14-5-6-16(25)15(10-14)24(27,28)29/h5-6,10-13H,2-4,7-9H2,1H3,(H,33,36). The van der Waals surface area contributed by atoms with Gasteiger partial charge in [0.05, 0.1) is 21.8 Å². The maximum Gasteiger partial charge on any atom is 0.417 e. The van der Waals surface area contributed by atoms with Crippen molar-refractivity contribution in [2.24, 2.45) is 0 Å². The van der Waals surface area contributed by atoms with E-state index in [2.05, 4.69) is 25.2 Å². The van der Waals surface area contributed by atoms with Crippen molar-refractivity contribution in [2.45, 2.75) is 44.7 Å². The number of benzene rings is 1. The van der Waals surface area contributed by atoms with Crippen LogP contribution in [0.1, 0.15) is 69.3 Å². The van der Waals surface area contributed by atoms with E-state index in [1.807, 2.05) is 0 Å². The number of hydrogen-bond acceptors (Lipinski definition) is 7. The van der Waals surface area contributed by atoms with Crippen LogP contribution in [-0.4, -0.2) is 39.7 Å². The second-order valence-electron chi connectivity index (χ2n) is 8.65. The van der Waals surface area contributed by atoms with Gasteiger partial charge >= 0.3 is 6.18 Å². The summed E-state index contributed by atoms with van der Waals surface area (Å²) in [5, 5.41) is 2.71. The van der Waals surface area contributed by atoms with Crippen LogP contribution in [-0.2, 0) is 6.18 Å². The first kappa shape index (κ1) is 27.3. The Morgan fingerprint density at radius 1 is 1.14 bits per heavy atom. The quantitative estimate of drug-likeness (QED) is 0.311. The molecule has 4 rings (SSSR count). The van der Waals surface area contributed by atoms with Gasteiger partial charge in [-0.25, -0.2) is 15.0 Å². The number of carbonyl (C=O) groups is 2. The van der Waals surface area contributed by atoms with Gasteiger partial charge in [0.2, 0.25) is 0 Å². The number of alkyl halides is 3. The molecule has 7 nitrogen and oxygen atoms in total. The Morgan fingerprint density at radius 3 is 2.57 bits per heavy atom. The lowest BCUT2D eigenvalue weighted by atomic mass is 10.0. The summed E-state index contributed by atoms with van der Waals surface area (Å²) in [5.74, 6) is -0.699. The zero-order chi connectivity index (χ0) is 26.7. The van der Waals surface area contributed by atoms with Gasteiger partial charge in [-0.3, -0.25) is 9.59 Å². The van der Waals surface area contributed by atoms with E-state index in [-0.39, 0.29) is 39.4 Å². The summed E-state index contributed by atoms with van der Waals surface area (Å²) in [5.41, 5.74) is -0.958. The SMILES string of the molecule is CC(CC(=O)c1ncnc(N2CCCCC2)c1Cl)c1ncc(C(=O)Nc2ccc(Cl)c(C(F)(F)F)c2)s1. The molecule has 0 radical (unpaired) electrons. The largest absolute Gasteiger partial charge is 0.417 e. The van der Waals surface area contributed by atoms with Crippen molar-refractivity contribution in [3.8, 4) is 0 Å². The first-order chi connectivity index (χ1) is 17.5. The third kappa shape index (κ3) is 6.39. The number of halogens is 5. The second kappa shape index (κ2) is 11.3. The number of carbonyl (C=O) groups excluding carboxylic acids is 2. The van der Waals surface area contributed by atoms with Crippen molar-refractivity contribution in [3.63, 3.8) is 0 Å². The number of ketones is 1. The molecule has 0 spiro atoms. The number of nitrogens with one attached hydrogen (secondary N) is 1. The third-order valence-corrected chi connectivity index (χ3v) is 7.79. The summed E-state index contributed by atoms with van der Waals surface area (Å²) in [4.78, 5) is 40.5. The number of amides is 1. The molecule has 1 fully saturated rings. The lowest BCUT2D eigenvalue weighted by molar-refractivity contribution is -0.137. The van der Waals surface area contributed by atoms with Gasteiger partial charge in [-0.1, -0.05) is 30.1 Å². The van der Waals surface area contributed by atoms with Crippen molar-refractivity contribution in [1.82, 2.24) is 15.0 Å². The monoisotopic (exact) mass is 571 g/mol. The van der Waals surface area contributed by atoms with E-state index < -0.39 is 22.7 Å². The van der Waals surface area contributed by atoms with Crippen LogP contribution in [0, 0.1) is 0 Å². The fraction of sp³-hybridized carbons (Fsp3) is 0.375. The predicted molar refractivity (Wildman–Crippen MR) is 137 cm³/mol. The van der Waals surface area contributed by atoms with Crippen LogP contribution >= 0.6 is 34.5 Å². The number of aromatic nitrogens is 3. The number of thiazole rings is 1. The summed E-state index contributed by atoms with van der Waals surface area (Å²) in [7, 11) is 0. The Hall–Kier alpha value is -2.76. The van der Waals surface area contributed by atoms with Crippen LogP contribution in [0.25, 0.3) is 0 Å². The van der Waals surface area contributed by atoms with E-state index in [4.69, 9.17) is 23.2 Å². The lowest BCUT2D eigenvalue weighted by Gasteiger charge is -2.28. The van der Waals surface area contributed by atoms with E-state index in [1.165, 1.54) is 18.6 Å². The second-order valence-corrected chi connectivity index (χ2v) is 10.5. The predicted octanol–water partition coefficient (Wildman–Crippen LogP) is 6.88. The zero-order valence-electron chi connectivity index (χ0n) is 19.6. The van der Waals surface area contributed by atoms with E-state index >= 15 is 0 Å². The van der Waals surface area contributed by atoms with Gasteiger partial charge < -0.3 is 10.2 Å². The van der Waals surface area contributed by atoms with E-state index in [0.717, 1.165) is 55.8 Å². The van der Waals surface area contributed by atoms with E-state index in [1.54, 1.807) is 6.92 Å². The molecule has 13 heteroatoms. The smallest absolute Gasteiger partial charge is 0.355 e. The summed E-state index contributed by atoms with van der Waals surface area (Å²) in [6.07, 6.45) is 1.26. The van der Waals surface area contributed by atoms with Crippen molar-refractivity contribution in [1.29, 1.82) is 0 Å². The molecule has 1 aromatic carbocycles. The molecule has 37 heavy (non-hydrogen) atoms. The molecule has 1 aliphatic rings. The third-order valence-electron chi connectivity index (χ3n) is 5.88. The van der Waals surface area contributed by atoms with Gasteiger partial charge in [0, 0.05) is 31.1 Å². The summed E-state index contributed by atoms with van der Waals surface area (Å²) >= 11 is 13.2. The molecule has 1 amide bonds. The summed E-state index contributed by atoms with van der Waals surface area (Å²) in [6, 6.07) is 3.12. The Bertz CT molecular complexity index is 1310. The van der Waals surface area contributed by atoms with Crippen LogP contribution < -0.4 is 10.2 Å². The van der Waals surface area contributed by atoms with Crippen LogP contribution in [0.3, 0.4) is 0 Å². The van der Waals surface area contributed by atoms with Crippen LogP contribution in [0.4, 0.5) is 24.7 Å². The molecular weight excluding hydrogens is 550 g/mol. The molecule has 1 aliphatic heterocycles.